The number of aromatic nitrogens is 1. The van der Waals surface area contributed by atoms with Crippen LogP contribution in [-0.2, 0) is 9.53 Å². The molecular formula is C16H22N2O2S. The number of amides is 1. The highest BCUT2D eigenvalue weighted by Crippen LogP contribution is 2.29. The minimum Gasteiger partial charge on any atom is -0.383 e. The van der Waals surface area contributed by atoms with E-state index in [2.05, 4.69) is 11.9 Å². The third-order valence-electron chi connectivity index (χ3n) is 3.44. The van der Waals surface area contributed by atoms with Crippen LogP contribution in [0.5, 0.6) is 0 Å². The molecule has 1 unspecified atom stereocenters. The van der Waals surface area contributed by atoms with Crippen molar-refractivity contribution >= 4 is 32.6 Å². The molecule has 0 saturated carbocycles. The van der Waals surface area contributed by atoms with Crippen LogP contribution in [0.4, 0.5) is 5.13 Å². The van der Waals surface area contributed by atoms with E-state index in [0.29, 0.717) is 13.2 Å². The van der Waals surface area contributed by atoms with Crippen LogP contribution in [0.2, 0.25) is 0 Å². The van der Waals surface area contributed by atoms with Crippen molar-refractivity contribution in [1.29, 1.82) is 0 Å². The molecule has 0 radical (unpaired) electrons. The van der Waals surface area contributed by atoms with Crippen LogP contribution in [0.3, 0.4) is 0 Å². The maximum absolute atomic E-state index is 12.7. The zero-order valence-electron chi connectivity index (χ0n) is 12.8. The fourth-order valence-electron chi connectivity index (χ4n) is 2.28. The molecule has 4 nitrogen and oxygen atoms in total. The third kappa shape index (κ3) is 3.80. The van der Waals surface area contributed by atoms with E-state index in [-0.39, 0.29) is 11.8 Å². The zero-order valence-corrected chi connectivity index (χ0v) is 13.7. The van der Waals surface area contributed by atoms with Crippen LogP contribution in [0.25, 0.3) is 10.2 Å². The summed E-state index contributed by atoms with van der Waals surface area (Å²) in [6, 6.07) is 7.97. The SMILES string of the molecule is CCCC(C)C(=O)N(CCOC)c1nc2ccccc2s1. The number of hydrogen-bond acceptors (Lipinski definition) is 4. The van der Waals surface area contributed by atoms with E-state index in [4.69, 9.17) is 4.74 Å². The van der Waals surface area contributed by atoms with Gasteiger partial charge < -0.3 is 4.74 Å². The van der Waals surface area contributed by atoms with E-state index in [1.807, 2.05) is 31.2 Å². The Morgan fingerprint density at radius 3 is 2.86 bits per heavy atom. The molecule has 0 spiro atoms. The molecule has 1 atom stereocenters. The molecule has 5 heteroatoms. The normalized spacial score (nSPS) is 12.5. The number of rotatable bonds is 7. The summed E-state index contributed by atoms with van der Waals surface area (Å²) >= 11 is 1.56. The van der Waals surface area contributed by atoms with Gasteiger partial charge in [-0.15, -0.1) is 0 Å². The van der Waals surface area contributed by atoms with E-state index in [1.165, 1.54) is 0 Å². The Morgan fingerprint density at radius 1 is 1.43 bits per heavy atom. The lowest BCUT2D eigenvalue weighted by molar-refractivity contribution is -0.122. The summed E-state index contributed by atoms with van der Waals surface area (Å²) in [5.74, 6) is 0.145. The summed E-state index contributed by atoms with van der Waals surface area (Å²) in [6.45, 7) is 5.14. The second kappa shape index (κ2) is 7.52. The van der Waals surface area contributed by atoms with Crippen molar-refractivity contribution < 1.29 is 9.53 Å². The maximum atomic E-state index is 12.7. The van der Waals surface area contributed by atoms with Crippen LogP contribution < -0.4 is 4.90 Å². The van der Waals surface area contributed by atoms with Gasteiger partial charge >= 0.3 is 0 Å². The first-order valence-corrected chi connectivity index (χ1v) is 8.15. The molecule has 0 aliphatic rings. The Kier molecular flexibility index (Phi) is 5.70. The van der Waals surface area contributed by atoms with E-state index in [1.54, 1.807) is 23.3 Å². The fourth-order valence-corrected chi connectivity index (χ4v) is 3.28. The first kappa shape index (κ1) is 15.9. The topological polar surface area (TPSA) is 42.4 Å². The average Bonchev–Trinajstić information content (AvgIpc) is 2.91. The molecular weight excluding hydrogens is 284 g/mol. The molecule has 21 heavy (non-hydrogen) atoms. The maximum Gasteiger partial charge on any atom is 0.231 e. The summed E-state index contributed by atoms with van der Waals surface area (Å²) in [7, 11) is 1.65. The van der Waals surface area contributed by atoms with Gasteiger partial charge in [-0.25, -0.2) is 4.98 Å². The number of fused-ring (bicyclic) bond motifs is 1. The second-order valence-corrected chi connectivity index (χ2v) is 6.15. The molecule has 1 heterocycles. The molecule has 1 amide bonds. The molecule has 0 aliphatic carbocycles. The predicted molar refractivity (Wildman–Crippen MR) is 87.9 cm³/mol. The highest BCUT2D eigenvalue weighted by Gasteiger charge is 2.23. The Morgan fingerprint density at radius 2 is 2.19 bits per heavy atom. The molecule has 1 aromatic heterocycles. The van der Waals surface area contributed by atoms with Gasteiger partial charge in [0.2, 0.25) is 5.91 Å². The van der Waals surface area contributed by atoms with Crippen molar-refractivity contribution in [3.05, 3.63) is 24.3 Å². The standard InChI is InChI=1S/C16H22N2O2S/c1-4-7-12(2)15(19)18(10-11-20-3)16-17-13-8-5-6-9-14(13)21-16/h5-6,8-9,12H,4,7,10-11H2,1-3H3. The van der Waals surface area contributed by atoms with Gasteiger partial charge in [-0.05, 0) is 18.6 Å². The first-order chi connectivity index (χ1) is 10.2. The number of hydrogen-bond donors (Lipinski definition) is 0. The van der Waals surface area contributed by atoms with Gasteiger partial charge in [-0.3, -0.25) is 9.69 Å². The smallest absolute Gasteiger partial charge is 0.231 e. The van der Waals surface area contributed by atoms with Crippen molar-refractivity contribution in [2.75, 3.05) is 25.2 Å². The van der Waals surface area contributed by atoms with Gasteiger partial charge in [-0.2, -0.15) is 0 Å². The number of benzene rings is 1. The van der Waals surface area contributed by atoms with Gasteiger partial charge in [0, 0.05) is 13.0 Å². The van der Waals surface area contributed by atoms with E-state index in [0.717, 1.165) is 28.2 Å². The summed E-state index contributed by atoms with van der Waals surface area (Å²) in [5, 5.41) is 0.765. The van der Waals surface area contributed by atoms with Crippen LogP contribution in [0.15, 0.2) is 24.3 Å². The molecule has 2 aromatic rings. The summed E-state index contributed by atoms with van der Waals surface area (Å²) in [6.07, 6.45) is 1.90. The number of ether oxygens (including phenoxy) is 1. The molecule has 0 fully saturated rings. The Balaban J connectivity index is 2.27. The Bertz CT molecular complexity index is 564. The van der Waals surface area contributed by atoms with E-state index < -0.39 is 0 Å². The van der Waals surface area contributed by atoms with Gasteiger partial charge in [0.15, 0.2) is 5.13 Å². The van der Waals surface area contributed by atoms with Crippen molar-refractivity contribution in [2.45, 2.75) is 26.7 Å². The molecule has 2 rings (SSSR count). The number of para-hydroxylation sites is 1. The first-order valence-electron chi connectivity index (χ1n) is 7.33. The number of methoxy groups -OCH3 is 1. The monoisotopic (exact) mass is 306 g/mol. The lowest BCUT2D eigenvalue weighted by Crippen LogP contribution is -2.37. The van der Waals surface area contributed by atoms with Gasteiger partial charge in [0.05, 0.1) is 23.4 Å². The van der Waals surface area contributed by atoms with Crippen LogP contribution in [-0.4, -0.2) is 31.2 Å². The number of carbonyl (C=O) groups excluding carboxylic acids is 1. The van der Waals surface area contributed by atoms with Crippen molar-refractivity contribution in [3.8, 4) is 0 Å². The summed E-state index contributed by atoms with van der Waals surface area (Å²) < 4.78 is 6.24. The lowest BCUT2D eigenvalue weighted by atomic mass is 10.1. The van der Waals surface area contributed by atoms with E-state index in [9.17, 15) is 4.79 Å². The largest absolute Gasteiger partial charge is 0.383 e. The Hall–Kier alpha value is -1.46. The molecule has 0 saturated heterocycles. The predicted octanol–water partition coefficient (Wildman–Crippen LogP) is 3.71. The van der Waals surface area contributed by atoms with Gasteiger partial charge in [0.25, 0.3) is 0 Å². The number of anilines is 1. The van der Waals surface area contributed by atoms with Crippen molar-refractivity contribution in [2.24, 2.45) is 5.92 Å². The average molecular weight is 306 g/mol. The van der Waals surface area contributed by atoms with Crippen LogP contribution in [0.1, 0.15) is 26.7 Å². The van der Waals surface area contributed by atoms with Crippen LogP contribution in [0, 0.1) is 5.92 Å². The highest BCUT2D eigenvalue weighted by molar-refractivity contribution is 7.22. The molecule has 0 aliphatic heterocycles. The van der Waals surface area contributed by atoms with E-state index >= 15 is 0 Å². The Labute approximate surface area is 129 Å². The van der Waals surface area contributed by atoms with Crippen molar-refractivity contribution in [1.82, 2.24) is 4.98 Å². The van der Waals surface area contributed by atoms with Crippen molar-refractivity contribution in [3.63, 3.8) is 0 Å². The number of carbonyl (C=O) groups is 1. The fraction of sp³-hybridized carbons (Fsp3) is 0.500. The van der Waals surface area contributed by atoms with Gasteiger partial charge in [0.1, 0.15) is 0 Å². The third-order valence-corrected chi connectivity index (χ3v) is 4.50. The van der Waals surface area contributed by atoms with Gasteiger partial charge in [-0.1, -0.05) is 43.7 Å². The molecule has 1 aromatic carbocycles. The zero-order chi connectivity index (χ0) is 15.2. The minimum atomic E-state index is 0.0128. The number of nitrogens with zero attached hydrogens (tertiary/aromatic N) is 2. The number of thiazole rings is 1. The molecule has 114 valence electrons. The minimum absolute atomic E-state index is 0.0128. The lowest BCUT2D eigenvalue weighted by Gasteiger charge is -2.22. The molecule has 0 bridgehead atoms. The quantitative estimate of drug-likeness (QED) is 0.783. The summed E-state index contributed by atoms with van der Waals surface area (Å²) in [4.78, 5) is 19.0. The van der Waals surface area contributed by atoms with Crippen LogP contribution >= 0.6 is 11.3 Å². The second-order valence-electron chi connectivity index (χ2n) is 5.14. The highest BCUT2D eigenvalue weighted by atomic mass is 32.1. The molecule has 0 N–H and O–H groups in total. The summed E-state index contributed by atoms with van der Waals surface area (Å²) in [5.41, 5.74) is 0.941.